The first-order chi connectivity index (χ1) is 16.7. The summed E-state index contributed by atoms with van der Waals surface area (Å²) in [6.07, 6.45) is 6.82. The van der Waals surface area contributed by atoms with Gasteiger partial charge in [0.05, 0.1) is 11.1 Å². The van der Waals surface area contributed by atoms with Gasteiger partial charge in [-0.1, -0.05) is 39.2 Å². The standard InChI is InChI=1S/C27H30FN3O2.CH5N/c1-27(2)14-23-25(20-11-9-17(28)13-22(20)31(23)24(32)15-27)16-8-10-19(26(29)33)21(12-16)30-18-6-4-3-5-7-18;1-2/h8-13,18,30H,3-7,14-15H2,1-2H3,(H2,29,33);2H2,1H3. The van der Waals surface area contributed by atoms with Crippen LogP contribution in [0.4, 0.5) is 10.1 Å². The van der Waals surface area contributed by atoms with Crippen LogP contribution in [0.3, 0.4) is 0 Å². The lowest BCUT2D eigenvalue weighted by Crippen LogP contribution is -2.31. The van der Waals surface area contributed by atoms with Crippen molar-refractivity contribution in [3.8, 4) is 11.1 Å². The quantitative estimate of drug-likeness (QED) is 0.462. The second-order valence-corrected chi connectivity index (χ2v) is 10.3. The summed E-state index contributed by atoms with van der Waals surface area (Å²) in [7, 11) is 1.50. The van der Waals surface area contributed by atoms with Crippen LogP contribution in [0, 0.1) is 11.2 Å². The van der Waals surface area contributed by atoms with E-state index in [0.717, 1.165) is 40.7 Å². The van der Waals surface area contributed by atoms with E-state index in [-0.39, 0.29) is 17.1 Å². The van der Waals surface area contributed by atoms with E-state index in [4.69, 9.17) is 5.73 Å². The zero-order valence-corrected chi connectivity index (χ0v) is 20.8. The molecular weight excluding hydrogens is 443 g/mol. The number of aromatic nitrogens is 1. The number of primary amides is 1. The number of halogens is 1. The molecule has 7 heteroatoms. The van der Waals surface area contributed by atoms with Crippen LogP contribution in [0.1, 0.15) is 73.2 Å². The molecule has 0 bridgehead atoms. The van der Waals surface area contributed by atoms with Gasteiger partial charge in [-0.25, -0.2) is 4.39 Å². The summed E-state index contributed by atoms with van der Waals surface area (Å²) in [5, 5.41) is 4.40. The maximum Gasteiger partial charge on any atom is 0.250 e. The Hall–Kier alpha value is -3.19. The fourth-order valence-electron chi connectivity index (χ4n) is 5.59. The Kier molecular flexibility index (Phi) is 6.99. The van der Waals surface area contributed by atoms with Gasteiger partial charge in [0.15, 0.2) is 0 Å². The molecule has 3 aromatic rings. The van der Waals surface area contributed by atoms with Crippen LogP contribution in [0.2, 0.25) is 0 Å². The molecule has 1 aromatic heterocycles. The molecule has 1 fully saturated rings. The SMILES string of the molecule is CC1(C)CC(=O)n2c(c(-c3ccc(C(N)=O)c(NC4CCCCC4)c3)c3ccc(F)cc32)C1.CN. The molecule has 2 aromatic carbocycles. The predicted octanol–water partition coefficient (Wildman–Crippen LogP) is 5.48. The van der Waals surface area contributed by atoms with Crippen molar-refractivity contribution < 1.29 is 14.0 Å². The summed E-state index contributed by atoms with van der Waals surface area (Å²) in [6.45, 7) is 4.17. The fraction of sp³-hybridized carbons (Fsp3) is 0.429. The van der Waals surface area contributed by atoms with Crippen LogP contribution in [0.5, 0.6) is 0 Å². The number of nitrogens with one attached hydrogen (secondary N) is 1. The average molecular weight is 479 g/mol. The minimum atomic E-state index is -0.470. The first-order valence-corrected chi connectivity index (χ1v) is 12.4. The molecule has 35 heavy (non-hydrogen) atoms. The van der Waals surface area contributed by atoms with Crippen molar-refractivity contribution in [3.63, 3.8) is 0 Å². The molecule has 186 valence electrons. The zero-order chi connectivity index (χ0) is 25.3. The molecule has 2 heterocycles. The Bertz CT molecular complexity index is 1270. The highest BCUT2D eigenvalue weighted by Crippen LogP contribution is 2.43. The topological polar surface area (TPSA) is 103 Å². The Morgan fingerprint density at radius 3 is 2.46 bits per heavy atom. The van der Waals surface area contributed by atoms with Gasteiger partial charge in [-0.15, -0.1) is 0 Å². The van der Waals surface area contributed by atoms with E-state index in [0.29, 0.717) is 30.0 Å². The maximum absolute atomic E-state index is 14.2. The number of nitrogens with zero attached hydrogens (tertiary/aromatic N) is 1. The molecule has 6 nitrogen and oxygen atoms in total. The lowest BCUT2D eigenvalue weighted by atomic mass is 9.80. The van der Waals surface area contributed by atoms with E-state index in [1.54, 1.807) is 16.7 Å². The molecule has 0 unspecified atom stereocenters. The van der Waals surface area contributed by atoms with Gasteiger partial charge in [0.1, 0.15) is 5.82 Å². The van der Waals surface area contributed by atoms with Crippen LogP contribution >= 0.6 is 0 Å². The molecular formula is C28H35FN4O2. The molecule has 0 saturated heterocycles. The van der Waals surface area contributed by atoms with Gasteiger partial charge in [0.2, 0.25) is 5.91 Å². The third-order valence-electron chi connectivity index (χ3n) is 7.09. The highest BCUT2D eigenvalue weighted by atomic mass is 19.1. The van der Waals surface area contributed by atoms with Crippen molar-refractivity contribution in [2.45, 2.75) is 64.8 Å². The Balaban J connectivity index is 0.00000141. The van der Waals surface area contributed by atoms with Gasteiger partial charge in [-0.3, -0.25) is 14.2 Å². The van der Waals surface area contributed by atoms with Crippen molar-refractivity contribution in [2.75, 3.05) is 12.4 Å². The van der Waals surface area contributed by atoms with Crippen molar-refractivity contribution >= 4 is 28.4 Å². The third kappa shape index (κ3) is 4.82. The second-order valence-electron chi connectivity index (χ2n) is 10.3. The molecule has 5 N–H and O–H groups in total. The predicted molar refractivity (Wildman–Crippen MR) is 139 cm³/mol. The van der Waals surface area contributed by atoms with Crippen LogP contribution in [0.15, 0.2) is 36.4 Å². The summed E-state index contributed by atoms with van der Waals surface area (Å²) >= 11 is 0. The molecule has 1 aliphatic carbocycles. The molecule has 0 atom stereocenters. The third-order valence-corrected chi connectivity index (χ3v) is 7.09. The molecule has 0 radical (unpaired) electrons. The van der Waals surface area contributed by atoms with Gasteiger partial charge in [-0.2, -0.15) is 0 Å². The number of hydrogen-bond acceptors (Lipinski definition) is 4. The van der Waals surface area contributed by atoms with Gasteiger partial charge in [-0.05, 0) is 67.6 Å². The number of nitrogens with two attached hydrogens (primary N) is 2. The molecule has 0 spiro atoms. The largest absolute Gasteiger partial charge is 0.382 e. The van der Waals surface area contributed by atoms with Crippen molar-refractivity contribution in [2.24, 2.45) is 16.9 Å². The zero-order valence-electron chi connectivity index (χ0n) is 20.8. The van der Waals surface area contributed by atoms with E-state index in [9.17, 15) is 14.0 Å². The summed E-state index contributed by atoms with van der Waals surface area (Å²) in [4.78, 5) is 25.3. The van der Waals surface area contributed by atoms with E-state index >= 15 is 0 Å². The van der Waals surface area contributed by atoms with Crippen LogP contribution in [-0.4, -0.2) is 29.5 Å². The van der Waals surface area contributed by atoms with Crippen molar-refractivity contribution in [3.05, 3.63) is 53.5 Å². The van der Waals surface area contributed by atoms with Crippen LogP contribution in [0.25, 0.3) is 22.0 Å². The number of anilines is 1. The lowest BCUT2D eigenvalue weighted by molar-refractivity contribution is 0.0816. The summed E-state index contributed by atoms with van der Waals surface area (Å²) < 4.78 is 15.9. The first-order valence-electron chi connectivity index (χ1n) is 12.4. The van der Waals surface area contributed by atoms with Gasteiger partial charge in [0.25, 0.3) is 5.91 Å². The number of carbonyl (C=O) groups excluding carboxylic acids is 2. The normalized spacial score (nSPS) is 17.5. The number of amides is 1. The Labute approximate surface area is 205 Å². The number of benzene rings is 2. The first kappa shape index (κ1) is 24.9. The van der Waals surface area contributed by atoms with E-state index in [2.05, 4.69) is 24.9 Å². The Morgan fingerprint density at radius 1 is 1.06 bits per heavy atom. The van der Waals surface area contributed by atoms with Crippen molar-refractivity contribution in [1.82, 2.24) is 4.57 Å². The monoisotopic (exact) mass is 478 g/mol. The maximum atomic E-state index is 14.2. The molecule has 2 aliphatic rings. The highest BCUT2D eigenvalue weighted by Gasteiger charge is 2.35. The molecule has 1 amide bonds. The van der Waals surface area contributed by atoms with E-state index < -0.39 is 5.91 Å². The summed E-state index contributed by atoms with van der Waals surface area (Å²) in [5.41, 5.74) is 14.5. The van der Waals surface area contributed by atoms with Gasteiger partial charge < -0.3 is 16.8 Å². The number of hydrogen-bond donors (Lipinski definition) is 3. The number of carbonyl (C=O) groups is 2. The van der Waals surface area contributed by atoms with Crippen LogP contribution in [-0.2, 0) is 6.42 Å². The Morgan fingerprint density at radius 2 is 1.77 bits per heavy atom. The summed E-state index contributed by atoms with van der Waals surface area (Å²) in [5.74, 6) is -0.852. The highest BCUT2D eigenvalue weighted by molar-refractivity contribution is 6.06. The fourth-order valence-corrected chi connectivity index (χ4v) is 5.59. The smallest absolute Gasteiger partial charge is 0.250 e. The summed E-state index contributed by atoms with van der Waals surface area (Å²) in [6, 6.07) is 10.6. The lowest BCUT2D eigenvalue weighted by Gasteiger charge is -2.30. The number of fused-ring (bicyclic) bond motifs is 3. The van der Waals surface area contributed by atoms with Crippen molar-refractivity contribution in [1.29, 1.82) is 0 Å². The number of rotatable bonds is 4. The second kappa shape index (κ2) is 9.82. The van der Waals surface area contributed by atoms with E-state index in [1.807, 2.05) is 12.1 Å². The average Bonchev–Trinajstić information content (AvgIpc) is 3.13. The minimum Gasteiger partial charge on any atom is -0.382 e. The minimum absolute atomic E-state index is 0.0163. The van der Waals surface area contributed by atoms with E-state index in [1.165, 1.54) is 38.4 Å². The molecule has 5 rings (SSSR count). The van der Waals surface area contributed by atoms with Gasteiger partial charge in [0, 0.05) is 34.8 Å². The molecule has 1 saturated carbocycles. The van der Waals surface area contributed by atoms with Crippen LogP contribution < -0.4 is 16.8 Å². The van der Waals surface area contributed by atoms with Gasteiger partial charge >= 0.3 is 0 Å². The molecule has 1 aliphatic heterocycles.